The predicted molar refractivity (Wildman–Crippen MR) is 101 cm³/mol. The van der Waals surface area contributed by atoms with Crippen molar-refractivity contribution in [2.24, 2.45) is 0 Å². The van der Waals surface area contributed by atoms with Gasteiger partial charge in [0.2, 0.25) is 0 Å². The molecular weight excluding hydrogens is 354 g/mol. The van der Waals surface area contributed by atoms with Gasteiger partial charge in [-0.25, -0.2) is 0 Å². The van der Waals surface area contributed by atoms with Crippen LogP contribution in [0.4, 0.5) is 5.69 Å². The maximum atomic E-state index is 12.6. The minimum Gasteiger partial charge on any atom is -0.494 e. The summed E-state index contributed by atoms with van der Waals surface area (Å²) in [4.78, 5) is 25.0. The lowest BCUT2D eigenvalue weighted by Crippen LogP contribution is -2.26. The summed E-state index contributed by atoms with van der Waals surface area (Å²) in [7, 11) is 1.38. The molecule has 3 rings (SSSR count). The molecule has 0 saturated heterocycles. The number of anilines is 1. The van der Waals surface area contributed by atoms with Crippen molar-refractivity contribution >= 4 is 23.2 Å². The lowest BCUT2D eigenvalue weighted by Gasteiger charge is -2.11. The monoisotopic (exact) mass is 369 g/mol. The summed E-state index contributed by atoms with van der Waals surface area (Å²) >= 11 is 5.93. The van der Waals surface area contributed by atoms with Gasteiger partial charge in [-0.3, -0.25) is 9.59 Å². The fourth-order valence-corrected chi connectivity index (χ4v) is 2.57. The van der Waals surface area contributed by atoms with E-state index < -0.39 is 11.5 Å². The Labute approximate surface area is 155 Å². The molecule has 1 amide bonds. The van der Waals surface area contributed by atoms with Gasteiger partial charge in [-0.15, -0.1) is 0 Å². The Bertz CT molecular complexity index is 1010. The highest BCUT2D eigenvalue weighted by Gasteiger charge is 2.18. The number of ether oxygens (including phenoxy) is 1. The van der Waals surface area contributed by atoms with Crippen molar-refractivity contribution in [3.05, 3.63) is 81.2 Å². The number of methoxy groups -OCH3 is 1. The third-order valence-corrected chi connectivity index (χ3v) is 3.93. The Kier molecular flexibility index (Phi) is 5.04. The van der Waals surface area contributed by atoms with Gasteiger partial charge in [-0.05, 0) is 37.3 Å². The summed E-state index contributed by atoms with van der Waals surface area (Å²) in [6, 6.07) is 15.2. The first-order valence-corrected chi connectivity index (χ1v) is 8.18. The lowest BCUT2D eigenvalue weighted by molar-refractivity contribution is 0.101. The SMILES string of the molecule is COc1cc(=O)n(-c2ccc(C)cc2)nc1C(=O)Nc1cccc(Cl)c1. The fourth-order valence-electron chi connectivity index (χ4n) is 2.38. The van der Waals surface area contributed by atoms with Crippen LogP contribution in [0.15, 0.2) is 59.4 Å². The standard InChI is InChI=1S/C19H16ClN3O3/c1-12-6-8-15(9-7-12)23-17(24)11-16(26-2)18(22-23)19(25)21-14-5-3-4-13(20)10-14/h3-11H,1-2H3,(H,21,25). The number of halogens is 1. The maximum Gasteiger partial charge on any atom is 0.280 e. The first-order chi connectivity index (χ1) is 12.5. The molecule has 132 valence electrons. The summed E-state index contributed by atoms with van der Waals surface area (Å²) in [6.45, 7) is 1.94. The van der Waals surface area contributed by atoms with Crippen LogP contribution in [-0.4, -0.2) is 22.8 Å². The van der Waals surface area contributed by atoms with E-state index in [1.54, 1.807) is 36.4 Å². The predicted octanol–water partition coefficient (Wildman–Crippen LogP) is 3.46. The Balaban J connectivity index is 2.02. The maximum absolute atomic E-state index is 12.6. The average molecular weight is 370 g/mol. The minimum atomic E-state index is -0.509. The van der Waals surface area contributed by atoms with E-state index in [0.29, 0.717) is 16.4 Å². The zero-order valence-corrected chi connectivity index (χ0v) is 14.9. The van der Waals surface area contributed by atoms with Gasteiger partial charge in [-0.1, -0.05) is 35.4 Å². The van der Waals surface area contributed by atoms with Crippen molar-refractivity contribution < 1.29 is 9.53 Å². The van der Waals surface area contributed by atoms with Gasteiger partial charge >= 0.3 is 0 Å². The molecule has 0 bridgehead atoms. The number of nitrogens with one attached hydrogen (secondary N) is 1. The second kappa shape index (κ2) is 7.41. The fraction of sp³-hybridized carbons (Fsp3) is 0.105. The van der Waals surface area contributed by atoms with Gasteiger partial charge < -0.3 is 10.1 Å². The van der Waals surface area contributed by atoms with Crippen molar-refractivity contribution in [1.29, 1.82) is 0 Å². The van der Waals surface area contributed by atoms with Crippen molar-refractivity contribution in [3.63, 3.8) is 0 Å². The van der Waals surface area contributed by atoms with E-state index in [-0.39, 0.29) is 11.4 Å². The van der Waals surface area contributed by atoms with Crippen LogP contribution in [0.25, 0.3) is 5.69 Å². The van der Waals surface area contributed by atoms with Gasteiger partial charge in [-0.2, -0.15) is 9.78 Å². The molecule has 1 N–H and O–H groups in total. The third kappa shape index (κ3) is 3.75. The first kappa shape index (κ1) is 17.7. The zero-order chi connectivity index (χ0) is 18.7. The van der Waals surface area contributed by atoms with Crippen LogP contribution in [0.3, 0.4) is 0 Å². The highest BCUT2D eigenvalue weighted by Crippen LogP contribution is 2.19. The van der Waals surface area contributed by atoms with Crippen LogP contribution >= 0.6 is 11.6 Å². The molecule has 2 aromatic carbocycles. The molecule has 0 aliphatic carbocycles. The minimum absolute atomic E-state index is 0.00681. The number of amides is 1. The molecule has 1 aromatic heterocycles. The molecule has 3 aromatic rings. The number of nitrogens with zero attached hydrogens (tertiary/aromatic N) is 2. The Morgan fingerprint density at radius 1 is 1.15 bits per heavy atom. The molecule has 0 aliphatic heterocycles. The number of rotatable bonds is 4. The molecule has 0 atom stereocenters. The molecular formula is C19H16ClN3O3. The van der Waals surface area contributed by atoms with E-state index in [1.165, 1.54) is 13.2 Å². The number of carbonyl (C=O) groups excluding carboxylic acids is 1. The third-order valence-electron chi connectivity index (χ3n) is 3.69. The second-order valence-electron chi connectivity index (χ2n) is 5.61. The molecule has 0 fully saturated rings. The molecule has 0 radical (unpaired) electrons. The van der Waals surface area contributed by atoms with E-state index >= 15 is 0 Å². The average Bonchev–Trinajstić information content (AvgIpc) is 2.62. The van der Waals surface area contributed by atoms with E-state index in [2.05, 4.69) is 10.4 Å². The Hall–Kier alpha value is -3.12. The number of benzene rings is 2. The zero-order valence-electron chi connectivity index (χ0n) is 14.2. The number of carbonyl (C=O) groups is 1. The smallest absolute Gasteiger partial charge is 0.280 e. The Morgan fingerprint density at radius 3 is 2.54 bits per heavy atom. The highest BCUT2D eigenvalue weighted by atomic mass is 35.5. The number of aromatic nitrogens is 2. The molecule has 0 spiro atoms. The summed E-state index contributed by atoms with van der Waals surface area (Å²) in [5.74, 6) is -0.414. The molecule has 7 heteroatoms. The molecule has 0 unspecified atom stereocenters. The van der Waals surface area contributed by atoms with Crippen LogP contribution in [-0.2, 0) is 0 Å². The first-order valence-electron chi connectivity index (χ1n) is 7.80. The summed E-state index contributed by atoms with van der Waals surface area (Å²) in [5.41, 5.74) is 1.71. The van der Waals surface area contributed by atoms with Crippen LogP contribution < -0.4 is 15.6 Å². The van der Waals surface area contributed by atoms with Gasteiger partial charge in [0.1, 0.15) is 0 Å². The van der Waals surface area contributed by atoms with Gasteiger partial charge in [0.05, 0.1) is 18.9 Å². The normalized spacial score (nSPS) is 10.4. The van der Waals surface area contributed by atoms with E-state index in [1.807, 2.05) is 19.1 Å². The molecule has 26 heavy (non-hydrogen) atoms. The highest BCUT2D eigenvalue weighted by molar-refractivity contribution is 6.30. The van der Waals surface area contributed by atoms with Gasteiger partial charge in [0, 0.05) is 10.7 Å². The van der Waals surface area contributed by atoms with Gasteiger partial charge in [0.25, 0.3) is 11.5 Å². The van der Waals surface area contributed by atoms with Crippen molar-refractivity contribution in [2.75, 3.05) is 12.4 Å². The van der Waals surface area contributed by atoms with E-state index in [0.717, 1.165) is 10.2 Å². The molecule has 0 saturated carbocycles. The molecule has 6 nitrogen and oxygen atoms in total. The van der Waals surface area contributed by atoms with E-state index in [4.69, 9.17) is 16.3 Å². The Morgan fingerprint density at radius 2 is 1.88 bits per heavy atom. The molecule has 0 aliphatic rings. The topological polar surface area (TPSA) is 73.2 Å². The van der Waals surface area contributed by atoms with Crippen molar-refractivity contribution in [1.82, 2.24) is 9.78 Å². The second-order valence-corrected chi connectivity index (χ2v) is 6.05. The van der Waals surface area contributed by atoms with Crippen molar-refractivity contribution in [3.8, 4) is 11.4 Å². The quantitative estimate of drug-likeness (QED) is 0.764. The van der Waals surface area contributed by atoms with Crippen LogP contribution in [0.2, 0.25) is 5.02 Å². The van der Waals surface area contributed by atoms with Crippen LogP contribution in [0.1, 0.15) is 16.1 Å². The number of hydrogen-bond donors (Lipinski definition) is 1. The van der Waals surface area contributed by atoms with E-state index in [9.17, 15) is 9.59 Å². The number of aryl methyl sites for hydroxylation is 1. The largest absolute Gasteiger partial charge is 0.494 e. The van der Waals surface area contributed by atoms with Crippen molar-refractivity contribution in [2.45, 2.75) is 6.92 Å². The van der Waals surface area contributed by atoms with Crippen LogP contribution in [0.5, 0.6) is 5.75 Å². The van der Waals surface area contributed by atoms with Crippen LogP contribution in [0, 0.1) is 6.92 Å². The summed E-state index contributed by atoms with van der Waals surface area (Å²) < 4.78 is 6.32. The summed E-state index contributed by atoms with van der Waals surface area (Å²) in [6.07, 6.45) is 0. The lowest BCUT2D eigenvalue weighted by atomic mass is 10.2. The molecule has 1 heterocycles. The number of hydrogen-bond acceptors (Lipinski definition) is 4. The summed E-state index contributed by atoms with van der Waals surface area (Å²) in [5, 5.41) is 7.39. The van der Waals surface area contributed by atoms with Gasteiger partial charge in [0.15, 0.2) is 11.4 Å².